The third kappa shape index (κ3) is 3.79. The van der Waals surface area contributed by atoms with E-state index in [0.717, 1.165) is 50.5 Å². The first-order valence-electron chi connectivity index (χ1n) is 9.13. The van der Waals surface area contributed by atoms with E-state index < -0.39 is 11.9 Å². The maximum Gasteiger partial charge on any atom is 0.313 e. The van der Waals surface area contributed by atoms with Gasteiger partial charge in [0.1, 0.15) is 5.69 Å². The van der Waals surface area contributed by atoms with Crippen molar-refractivity contribution in [1.82, 2.24) is 20.2 Å². The number of nitrogens with zero attached hydrogens (tertiary/aromatic N) is 2. The molecule has 9 heteroatoms. The van der Waals surface area contributed by atoms with Gasteiger partial charge in [-0.25, -0.2) is 4.98 Å². The van der Waals surface area contributed by atoms with Crippen LogP contribution >= 0.6 is 11.8 Å². The highest BCUT2D eigenvalue weighted by molar-refractivity contribution is 7.99. The molecular formula is C21H19N5O3S. The predicted molar refractivity (Wildman–Crippen MR) is 115 cm³/mol. The molecule has 0 aliphatic rings. The number of amides is 1. The number of aliphatic carboxylic acids is 1. The number of hydrogen-bond donors (Lipinski definition) is 4. The molecule has 30 heavy (non-hydrogen) atoms. The van der Waals surface area contributed by atoms with Gasteiger partial charge in [-0.3, -0.25) is 14.7 Å². The van der Waals surface area contributed by atoms with Crippen molar-refractivity contribution in [3.8, 4) is 22.5 Å². The summed E-state index contributed by atoms with van der Waals surface area (Å²) in [4.78, 5) is 29.7. The second kappa shape index (κ2) is 7.68. The number of nitrogens with one attached hydrogen (secondary N) is 2. The third-order valence-electron chi connectivity index (χ3n) is 4.79. The maximum atomic E-state index is 11.5. The Hall–Kier alpha value is -3.59. The Morgan fingerprint density at radius 2 is 1.90 bits per heavy atom. The molecule has 0 radical (unpaired) electrons. The fraction of sp³-hybridized carbons (Fsp3) is 0.143. The van der Waals surface area contributed by atoms with Crippen molar-refractivity contribution < 1.29 is 14.7 Å². The van der Waals surface area contributed by atoms with Crippen LogP contribution < -0.4 is 5.73 Å². The van der Waals surface area contributed by atoms with Gasteiger partial charge in [-0.2, -0.15) is 0 Å². The van der Waals surface area contributed by atoms with E-state index >= 15 is 0 Å². The molecule has 0 saturated carbocycles. The van der Waals surface area contributed by atoms with Crippen LogP contribution in [0.5, 0.6) is 0 Å². The van der Waals surface area contributed by atoms with Crippen LogP contribution in [0.3, 0.4) is 0 Å². The zero-order valence-electron chi connectivity index (χ0n) is 16.3. The lowest BCUT2D eigenvalue weighted by Crippen LogP contribution is -2.10. The fourth-order valence-electron chi connectivity index (χ4n) is 3.44. The number of H-pyrrole nitrogens is 2. The van der Waals surface area contributed by atoms with Crippen LogP contribution in [0.25, 0.3) is 33.4 Å². The number of carboxylic acid groups (broad SMARTS) is 1. The summed E-state index contributed by atoms with van der Waals surface area (Å²) in [6, 6.07) is 11.8. The summed E-state index contributed by atoms with van der Waals surface area (Å²) < 4.78 is 0. The molecule has 0 spiro atoms. The molecule has 2 aromatic carbocycles. The quantitative estimate of drug-likeness (QED) is 0.352. The number of carbonyl (C=O) groups excluding carboxylic acids is 1. The Morgan fingerprint density at radius 3 is 2.63 bits per heavy atom. The first-order chi connectivity index (χ1) is 14.3. The Morgan fingerprint density at radius 1 is 1.13 bits per heavy atom. The molecule has 0 atom stereocenters. The van der Waals surface area contributed by atoms with Crippen LogP contribution in [0.2, 0.25) is 0 Å². The van der Waals surface area contributed by atoms with E-state index in [-0.39, 0.29) is 5.75 Å². The predicted octanol–water partition coefficient (Wildman–Crippen LogP) is 3.51. The number of rotatable bonds is 6. The smallest absolute Gasteiger partial charge is 0.313 e. The molecule has 152 valence electrons. The summed E-state index contributed by atoms with van der Waals surface area (Å²) >= 11 is 1.06. The number of carbonyl (C=O) groups is 2. The van der Waals surface area contributed by atoms with Crippen LogP contribution in [0, 0.1) is 13.8 Å². The Bertz CT molecular complexity index is 1290. The number of aromatic nitrogens is 4. The second-order valence-electron chi connectivity index (χ2n) is 6.98. The highest BCUT2D eigenvalue weighted by atomic mass is 32.2. The van der Waals surface area contributed by atoms with E-state index in [1.165, 1.54) is 0 Å². The van der Waals surface area contributed by atoms with Gasteiger partial charge in [-0.1, -0.05) is 23.9 Å². The highest BCUT2D eigenvalue weighted by Crippen LogP contribution is 2.33. The zero-order valence-corrected chi connectivity index (χ0v) is 17.1. The number of thioether (sulfide) groups is 1. The van der Waals surface area contributed by atoms with Crippen molar-refractivity contribution in [2.45, 2.75) is 19.0 Å². The lowest BCUT2D eigenvalue weighted by Gasteiger charge is -2.10. The Labute approximate surface area is 175 Å². The van der Waals surface area contributed by atoms with Crippen LogP contribution in [-0.4, -0.2) is 42.9 Å². The molecular weight excluding hydrogens is 402 g/mol. The lowest BCUT2D eigenvalue weighted by molar-refractivity contribution is -0.133. The van der Waals surface area contributed by atoms with E-state index in [9.17, 15) is 9.59 Å². The van der Waals surface area contributed by atoms with Gasteiger partial charge in [0.25, 0.3) is 5.91 Å². The van der Waals surface area contributed by atoms with Gasteiger partial charge >= 0.3 is 5.97 Å². The van der Waals surface area contributed by atoms with Crippen LogP contribution in [-0.2, 0) is 4.79 Å². The van der Waals surface area contributed by atoms with Crippen molar-refractivity contribution in [2.75, 3.05) is 5.75 Å². The molecule has 0 bridgehead atoms. The minimum absolute atomic E-state index is 0.0977. The Kier molecular flexibility index (Phi) is 5.04. The molecule has 0 unspecified atom stereocenters. The number of carboxylic acids is 1. The van der Waals surface area contributed by atoms with Gasteiger partial charge in [0.2, 0.25) is 5.16 Å². The van der Waals surface area contributed by atoms with Gasteiger partial charge in [0.15, 0.2) is 5.82 Å². The average molecular weight is 421 g/mol. The first-order valence-corrected chi connectivity index (χ1v) is 10.1. The number of fused-ring (bicyclic) bond motifs is 1. The summed E-state index contributed by atoms with van der Waals surface area (Å²) in [7, 11) is 0. The van der Waals surface area contributed by atoms with Gasteiger partial charge < -0.3 is 15.8 Å². The monoisotopic (exact) mass is 421 g/mol. The minimum atomic E-state index is -0.917. The molecule has 0 aliphatic heterocycles. The third-order valence-corrected chi connectivity index (χ3v) is 5.62. The summed E-state index contributed by atoms with van der Waals surface area (Å²) in [6.07, 6.45) is 0. The molecule has 0 fully saturated rings. The zero-order chi connectivity index (χ0) is 21.4. The number of benzene rings is 2. The molecule has 0 aliphatic carbocycles. The van der Waals surface area contributed by atoms with Crippen LogP contribution in [0.15, 0.2) is 41.6 Å². The molecule has 1 amide bonds. The number of primary amides is 1. The second-order valence-corrected chi connectivity index (χ2v) is 7.93. The van der Waals surface area contributed by atoms with E-state index in [1.54, 1.807) is 6.07 Å². The first kappa shape index (κ1) is 19.7. The highest BCUT2D eigenvalue weighted by Gasteiger charge is 2.14. The fourth-order valence-corrected chi connectivity index (χ4v) is 3.95. The summed E-state index contributed by atoms with van der Waals surface area (Å²) in [5, 5.41) is 17.1. The van der Waals surface area contributed by atoms with Gasteiger partial charge in [0.05, 0.1) is 5.75 Å². The SMILES string of the molecule is Cc1cc(-c2nc(SCC(=O)O)n[nH]2)cc(-c2ccc3[nH]c(C(N)=O)cc3c2C)c1. The van der Waals surface area contributed by atoms with Crippen molar-refractivity contribution in [1.29, 1.82) is 0 Å². The van der Waals surface area contributed by atoms with Crippen molar-refractivity contribution in [2.24, 2.45) is 5.73 Å². The maximum absolute atomic E-state index is 11.5. The number of aromatic amines is 2. The van der Waals surface area contributed by atoms with Crippen molar-refractivity contribution in [3.63, 3.8) is 0 Å². The molecule has 4 aromatic rings. The molecule has 8 nitrogen and oxygen atoms in total. The standard InChI is InChI=1S/C21H19N5O3S/c1-10-5-12(7-13(6-10)20-24-21(26-25-20)30-9-18(27)28)14-3-4-16-15(11(14)2)8-17(23-16)19(22)29/h3-8,23H,9H2,1-2H3,(H2,22,29)(H,27,28)(H,24,25,26). The largest absolute Gasteiger partial charge is 0.481 e. The topological polar surface area (TPSA) is 138 Å². The van der Waals surface area contributed by atoms with E-state index in [2.05, 4.69) is 26.2 Å². The molecule has 5 N–H and O–H groups in total. The van der Waals surface area contributed by atoms with Crippen LogP contribution in [0.4, 0.5) is 0 Å². The van der Waals surface area contributed by atoms with Crippen molar-refractivity contribution >= 4 is 34.5 Å². The molecule has 2 aromatic heterocycles. The van der Waals surface area contributed by atoms with Crippen LogP contribution in [0.1, 0.15) is 21.6 Å². The van der Waals surface area contributed by atoms with E-state index in [0.29, 0.717) is 16.7 Å². The normalized spacial score (nSPS) is 11.1. The lowest BCUT2D eigenvalue weighted by atomic mass is 9.95. The molecule has 4 rings (SSSR count). The number of aryl methyl sites for hydroxylation is 2. The minimum Gasteiger partial charge on any atom is -0.481 e. The van der Waals surface area contributed by atoms with Crippen molar-refractivity contribution in [3.05, 3.63) is 53.2 Å². The number of nitrogens with two attached hydrogens (primary N) is 1. The Balaban J connectivity index is 1.74. The molecule has 2 heterocycles. The molecule has 0 saturated heterocycles. The van der Waals surface area contributed by atoms with E-state index in [1.807, 2.05) is 38.1 Å². The van der Waals surface area contributed by atoms with Gasteiger partial charge in [0, 0.05) is 16.5 Å². The summed E-state index contributed by atoms with van der Waals surface area (Å²) in [5.74, 6) is -0.935. The van der Waals surface area contributed by atoms with E-state index in [4.69, 9.17) is 10.8 Å². The summed E-state index contributed by atoms with van der Waals surface area (Å²) in [6.45, 7) is 4.01. The summed E-state index contributed by atoms with van der Waals surface area (Å²) in [5.41, 5.74) is 11.6. The average Bonchev–Trinajstić information content (AvgIpc) is 3.34. The number of hydrogen-bond acceptors (Lipinski definition) is 5. The van der Waals surface area contributed by atoms with Gasteiger partial charge in [-0.15, -0.1) is 5.10 Å². The van der Waals surface area contributed by atoms with Gasteiger partial charge in [-0.05, 0) is 60.4 Å².